The first-order valence-corrected chi connectivity index (χ1v) is 7.10. The number of aryl methyl sites for hydroxylation is 1. The molecule has 0 aliphatic heterocycles. The molecule has 0 saturated heterocycles. The van der Waals surface area contributed by atoms with Gasteiger partial charge in [-0.25, -0.2) is 4.98 Å². The van der Waals surface area contributed by atoms with E-state index in [1.54, 1.807) is 6.20 Å². The highest BCUT2D eigenvalue weighted by Crippen LogP contribution is 2.23. The molecular formula is C14H24N6. The molecule has 2 N–H and O–H groups in total. The van der Waals surface area contributed by atoms with Crippen molar-refractivity contribution in [2.24, 2.45) is 11.1 Å². The Morgan fingerprint density at radius 3 is 2.75 bits per heavy atom. The second kappa shape index (κ2) is 5.75. The minimum Gasteiger partial charge on any atom is -0.353 e. The van der Waals surface area contributed by atoms with Gasteiger partial charge in [0.15, 0.2) is 5.82 Å². The van der Waals surface area contributed by atoms with Gasteiger partial charge >= 0.3 is 0 Å². The summed E-state index contributed by atoms with van der Waals surface area (Å²) in [6.45, 7) is 10.9. The van der Waals surface area contributed by atoms with Crippen LogP contribution in [0.5, 0.6) is 0 Å². The van der Waals surface area contributed by atoms with Crippen LogP contribution in [0.15, 0.2) is 12.4 Å². The molecule has 0 aliphatic carbocycles. The van der Waals surface area contributed by atoms with Crippen LogP contribution < -0.4 is 10.6 Å². The van der Waals surface area contributed by atoms with E-state index >= 15 is 0 Å². The molecule has 6 heteroatoms. The van der Waals surface area contributed by atoms with Crippen molar-refractivity contribution in [1.82, 2.24) is 19.6 Å². The Labute approximate surface area is 120 Å². The van der Waals surface area contributed by atoms with E-state index in [1.807, 2.05) is 17.5 Å². The summed E-state index contributed by atoms with van der Waals surface area (Å²) in [5.41, 5.74) is 6.72. The van der Waals surface area contributed by atoms with Crippen LogP contribution in [0.25, 0.3) is 5.65 Å². The van der Waals surface area contributed by atoms with E-state index in [4.69, 9.17) is 5.73 Å². The summed E-state index contributed by atoms with van der Waals surface area (Å²) in [6.07, 6.45) is 4.75. The SMILES string of the molecule is CCCN(CC(C)(C)CN)c1nccn2c(C)nnc12. The van der Waals surface area contributed by atoms with Gasteiger partial charge in [0.25, 0.3) is 0 Å². The van der Waals surface area contributed by atoms with Gasteiger partial charge in [0.05, 0.1) is 0 Å². The number of fused-ring (bicyclic) bond motifs is 1. The first-order chi connectivity index (χ1) is 9.48. The highest BCUT2D eigenvalue weighted by Gasteiger charge is 2.23. The third-order valence-electron chi connectivity index (χ3n) is 3.44. The van der Waals surface area contributed by atoms with Crippen LogP contribution in [0, 0.1) is 12.3 Å². The predicted octanol–water partition coefficient (Wildman–Crippen LogP) is 1.63. The molecule has 0 bridgehead atoms. The second-order valence-corrected chi connectivity index (χ2v) is 5.98. The molecule has 0 spiro atoms. The summed E-state index contributed by atoms with van der Waals surface area (Å²) in [5, 5.41) is 8.39. The lowest BCUT2D eigenvalue weighted by Crippen LogP contribution is -2.39. The largest absolute Gasteiger partial charge is 0.353 e. The maximum absolute atomic E-state index is 5.87. The van der Waals surface area contributed by atoms with Gasteiger partial charge < -0.3 is 10.6 Å². The lowest BCUT2D eigenvalue weighted by atomic mass is 9.93. The molecule has 0 fully saturated rings. The number of anilines is 1. The number of nitrogens with zero attached hydrogens (tertiary/aromatic N) is 5. The Hall–Kier alpha value is -1.69. The van der Waals surface area contributed by atoms with Crippen molar-refractivity contribution in [2.75, 3.05) is 24.5 Å². The fourth-order valence-electron chi connectivity index (χ4n) is 2.26. The Morgan fingerprint density at radius 2 is 2.10 bits per heavy atom. The van der Waals surface area contributed by atoms with Crippen LogP contribution >= 0.6 is 0 Å². The summed E-state index contributed by atoms with van der Waals surface area (Å²) in [7, 11) is 0. The van der Waals surface area contributed by atoms with Crippen molar-refractivity contribution in [2.45, 2.75) is 34.1 Å². The average molecular weight is 276 g/mol. The number of rotatable bonds is 6. The lowest BCUT2D eigenvalue weighted by Gasteiger charge is -2.32. The van der Waals surface area contributed by atoms with E-state index in [-0.39, 0.29) is 5.41 Å². The number of hydrogen-bond donors (Lipinski definition) is 1. The monoisotopic (exact) mass is 276 g/mol. The first kappa shape index (κ1) is 14.7. The molecule has 0 aliphatic rings. The van der Waals surface area contributed by atoms with Gasteiger partial charge in [0.1, 0.15) is 5.82 Å². The van der Waals surface area contributed by atoms with Gasteiger partial charge in [-0.2, -0.15) is 0 Å². The van der Waals surface area contributed by atoms with E-state index < -0.39 is 0 Å². The molecule has 0 radical (unpaired) electrons. The molecule has 0 aromatic carbocycles. The van der Waals surface area contributed by atoms with Crippen LogP contribution in [0.4, 0.5) is 5.82 Å². The van der Waals surface area contributed by atoms with Gasteiger partial charge in [-0.05, 0) is 25.3 Å². The zero-order valence-electron chi connectivity index (χ0n) is 12.8. The van der Waals surface area contributed by atoms with Gasteiger partial charge in [0.2, 0.25) is 5.65 Å². The molecule has 0 atom stereocenters. The third-order valence-corrected chi connectivity index (χ3v) is 3.44. The number of hydrogen-bond acceptors (Lipinski definition) is 5. The second-order valence-electron chi connectivity index (χ2n) is 5.98. The van der Waals surface area contributed by atoms with Crippen LogP contribution in [0.1, 0.15) is 33.0 Å². The topological polar surface area (TPSA) is 72.3 Å². The molecule has 2 aromatic rings. The fourth-order valence-corrected chi connectivity index (χ4v) is 2.26. The van der Waals surface area contributed by atoms with Crippen LogP contribution in [-0.4, -0.2) is 39.2 Å². The summed E-state index contributed by atoms with van der Waals surface area (Å²) in [5.74, 6) is 1.76. The maximum Gasteiger partial charge on any atom is 0.203 e. The van der Waals surface area contributed by atoms with Gasteiger partial charge in [-0.1, -0.05) is 20.8 Å². The van der Waals surface area contributed by atoms with Crippen molar-refractivity contribution in [3.8, 4) is 0 Å². The predicted molar refractivity (Wildman–Crippen MR) is 80.9 cm³/mol. The van der Waals surface area contributed by atoms with E-state index in [1.165, 1.54) is 0 Å². The van der Waals surface area contributed by atoms with Crippen LogP contribution in [0.2, 0.25) is 0 Å². The van der Waals surface area contributed by atoms with Crippen molar-refractivity contribution in [3.05, 3.63) is 18.2 Å². The van der Waals surface area contributed by atoms with Crippen molar-refractivity contribution < 1.29 is 0 Å². The van der Waals surface area contributed by atoms with E-state index in [0.717, 1.165) is 36.8 Å². The smallest absolute Gasteiger partial charge is 0.203 e. The summed E-state index contributed by atoms with van der Waals surface area (Å²) in [6, 6.07) is 0. The summed E-state index contributed by atoms with van der Waals surface area (Å²) in [4.78, 5) is 6.78. The molecule has 110 valence electrons. The molecule has 2 aromatic heterocycles. The minimum atomic E-state index is 0.0404. The highest BCUT2D eigenvalue weighted by molar-refractivity contribution is 5.63. The van der Waals surface area contributed by atoms with Crippen molar-refractivity contribution in [3.63, 3.8) is 0 Å². The van der Waals surface area contributed by atoms with Gasteiger partial charge in [-0.3, -0.25) is 4.40 Å². The maximum atomic E-state index is 5.87. The van der Waals surface area contributed by atoms with Crippen molar-refractivity contribution in [1.29, 1.82) is 0 Å². The third kappa shape index (κ3) is 2.90. The van der Waals surface area contributed by atoms with E-state index in [0.29, 0.717) is 6.54 Å². The molecule has 0 unspecified atom stereocenters. The van der Waals surface area contributed by atoms with Gasteiger partial charge in [0, 0.05) is 25.5 Å². The molecule has 0 amide bonds. The Bertz CT molecular complexity index is 574. The van der Waals surface area contributed by atoms with Crippen LogP contribution in [-0.2, 0) is 0 Å². The molecule has 2 heterocycles. The zero-order valence-corrected chi connectivity index (χ0v) is 12.8. The van der Waals surface area contributed by atoms with Crippen molar-refractivity contribution >= 4 is 11.5 Å². The Kier molecular flexibility index (Phi) is 4.23. The standard InChI is InChI=1S/C14H24N6/c1-5-7-19(10-14(3,4)9-15)12-13-18-17-11(2)20(13)8-6-16-12/h6,8H,5,7,9-10,15H2,1-4H3. The number of aromatic nitrogens is 4. The highest BCUT2D eigenvalue weighted by atomic mass is 15.3. The summed E-state index contributed by atoms with van der Waals surface area (Å²) < 4.78 is 1.97. The molecule has 2 rings (SSSR count). The Morgan fingerprint density at radius 1 is 1.35 bits per heavy atom. The summed E-state index contributed by atoms with van der Waals surface area (Å²) >= 11 is 0. The van der Waals surface area contributed by atoms with Crippen LogP contribution in [0.3, 0.4) is 0 Å². The lowest BCUT2D eigenvalue weighted by molar-refractivity contribution is 0.376. The zero-order chi connectivity index (χ0) is 14.8. The van der Waals surface area contributed by atoms with Gasteiger partial charge in [-0.15, -0.1) is 10.2 Å². The molecular weight excluding hydrogens is 252 g/mol. The van der Waals surface area contributed by atoms with E-state index in [2.05, 4.69) is 40.9 Å². The van der Waals surface area contributed by atoms with E-state index in [9.17, 15) is 0 Å². The molecule has 6 nitrogen and oxygen atoms in total. The fraction of sp³-hybridized carbons (Fsp3) is 0.643. The molecule has 20 heavy (non-hydrogen) atoms. The first-order valence-electron chi connectivity index (χ1n) is 7.10. The Balaban J connectivity index is 2.41. The molecule has 0 saturated carbocycles. The average Bonchev–Trinajstić information content (AvgIpc) is 2.80. The quantitative estimate of drug-likeness (QED) is 0.868. The normalized spacial score (nSPS) is 12.1. The minimum absolute atomic E-state index is 0.0404. The number of nitrogens with two attached hydrogens (primary N) is 1.